The predicted octanol–water partition coefficient (Wildman–Crippen LogP) is 6.32. The number of thiazole rings is 1. The summed E-state index contributed by atoms with van der Waals surface area (Å²) in [6.45, 7) is 1.84. The summed E-state index contributed by atoms with van der Waals surface area (Å²) in [5.41, 5.74) is 6.46. The van der Waals surface area contributed by atoms with Gasteiger partial charge in [-0.1, -0.05) is 29.5 Å². The van der Waals surface area contributed by atoms with Gasteiger partial charge < -0.3 is 15.8 Å². The second kappa shape index (κ2) is 8.70. The topological polar surface area (TPSA) is 77.2 Å². The second-order valence-corrected chi connectivity index (χ2v) is 8.29. The number of ether oxygens (including phenoxy) is 1. The van der Waals surface area contributed by atoms with Crippen molar-refractivity contribution in [1.82, 2.24) is 4.98 Å². The smallest absolute Gasteiger partial charge is 0.416 e. The highest BCUT2D eigenvalue weighted by Crippen LogP contribution is 2.35. The van der Waals surface area contributed by atoms with Gasteiger partial charge in [0.25, 0.3) is 0 Å². The van der Waals surface area contributed by atoms with Crippen molar-refractivity contribution in [2.75, 3.05) is 11.1 Å². The highest BCUT2D eigenvalue weighted by molar-refractivity contribution is 7.22. The van der Waals surface area contributed by atoms with E-state index in [0.29, 0.717) is 10.9 Å². The fourth-order valence-electron chi connectivity index (χ4n) is 3.26. The number of fused-ring (bicyclic) bond motifs is 1. The molecule has 0 spiro atoms. The Morgan fingerprint density at radius 2 is 1.94 bits per heavy atom. The van der Waals surface area contributed by atoms with Gasteiger partial charge in [0.1, 0.15) is 17.3 Å². The Balaban J connectivity index is 1.51. The Labute approximate surface area is 189 Å². The summed E-state index contributed by atoms with van der Waals surface area (Å²) < 4.78 is 59.6. The molecule has 170 valence electrons. The quantitative estimate of drug-likeness (QED) is 0.331. The van der Waals surface area contributed by atoms with Crippen LogP contribution in [-0.2, 0) is 17.4 Å². The van der Waals surface area contributed by atoms with Gasteiger partial charge in [-0.15, -0.1) is 0 Å². The Morgan fingerprint density at radius 3 is 2.70 bits per heavy atom. The van der Waals surface area contributed by atoms with E-state index in [1.54, 1.807) is 12.1 Å². The van der Waals surface area contributed by atoms with Crippen LogP contribution >= 0.6 is 11.3 Å². The van der Waals surface area contributed by atoms with E-state index >= 15 is 0 Å². The van der Waals surface area contributed by atoms with Crippen LogP contribution in [0.15, 0.2) is 54.6 Å². The lowest BCUT2D eigenvalue weighted by atomic mass is 10.1. The van der Waals surface area contributed by atoms with Gasteiger partial charge in [0.05, 0.1) is 27.9 Å². The molecule has 0 saturated carbocycles. The van der Waals surface area contributed by atoms with Gasteiger partial charge in [0.2, 0.25) is 5.91 Å². The summed E-state index contributed by atoms with van der Waals surface area (Å²) in [6.07, 6.45) is -4.87. The maximum Gasteiger partial charge on any atom is 0.416 e. The summed E-state index contributed by atoms with van der Waals surface area (Å²) in [4.78, 5) is 16.6. The highest BCUT2D eigenvalue weighted by Gasteiger charge is 2.30. The number of nitrogens with one attached hydrogen (secondary N) is 1. The third kappa shape index (κ3) is 5.06. The molecular formula is C23H17F4N3O2S. The van der Waals surface area contributed by atoms with Crippen LogP contribution in [0.4, 0.5) is 28.4 Å². The molecule has 0 aliphatic carbocycles. The molecule has 0 atom stereocenters. The number of hydrogen-bond donors (Lipinski definition) is 2. The molecule has 0 unspecified atom stereocenters. The summed E-state index contributed by atoms with van der Waals surface area (Å²) in [6, 6.07) is 11.7. The maximum absolute atomic E-state index is 14.3. The van der Waals surface area contributed by atoms with E-state index in [1.807, 2.05) is 6.92 Å². The van der Waals surface area contributed by atoms with Crippen molar-refractivity contribution < 1.29 is 27.1 Å². The molecule has 10 heteroatoms. The summed E-state index contributed by atoms with van der Waals surface area (Å²) in [7, 11) is 0. The van der Waals surface area contributed by atoms with Gasteiger partial charge in [0.15, 0.2) is 5.13 Å². The number of carbonyl (C=O) groups is 1. The van der Waals surface area contributed by atoms with Crippen LogP contribution in [0, 0.1) is 12.7 Å². The van der Waals surface area contributed by atoms with E-state index in [0.717, 1.165) is 34.0 Å². The maximum atomic E-state index is 14.3. The zero-order valence-corrected chi connectivity index (χ0v) is 18.0. The zero-order chi connectivity index (χ0) is 23.8. The summed E-state index contributed by atoms with van der Waals surface area (Å²) >= 11 is 1.32. The first kappa shape index (κ1) is 22.5. The predicted molar refractivity (Wildman–Crippen MR) is 119 cm³/mol. The Bertz CT molecular complexity index is 1350. The van der Waals surface area contributed by atoms with E-state index in [2.05, 4.69) is 10.3 Å². The number of carbonyl (C=O) groups excluding carboxylic acids is 1. The van der Waals surface area contributed by atoms with E-state index in [-0.39, 0.29) is 23.4 Å². The van der Waals surface area contributed by atoms with Crippen molar-refractivity contribution in [1.29, 1.82) is 0 Å². The third-order valence-corrected chi connectivity index (χ3v) is 5.85. The molecule has 0 aliphatic heterocycles. The lowest BCUT2D eigenvalue weighted by Gasteiger charge is -2.12. The van der Waals surface area contributed by atoms with Crippen LogP contribution in [-0.4, -0.2) is 10.9 Å². The van der Waals surface area contributed by atoms with Gasteiger partial charge in [-0.2, -0.15) is 13.2 Å². The standard InChI is InChI=1S/C23H17F4N3O2S/c1-12-19(8-7-17-21(12)33-22(28)30-17)32-15-5-6-16(24)18(11-15)29-20(31)10-13-3-2-4-14(9-13)23(25,26)27/h2-9,11H,10H2,1H3,(H2,28,30)(H,29,31). The largest absolute Gasteiger partial charge is 0.457 e. The number of anilines is 2. The van der Waals surface area contributed by atoms with Crippen molar-refractivity contribution >= 4 is 38.3 Å². The number of nitrogens with two attached hydrogens (primary N) is 1. The summed E-state index contributed by atoms with van der Waals surface area (Å²) in [5.74, 6) is -0.588. The molecular weight excluding hydrogens is 458 g/mol. The number of nitrogen functional groups attached to an aromatic ring is 1. The number of alkyl halides is 3. The SMILES string of the molecule is Cc1c(Oc2ccc(F)c(NC(=O)Cc3cccc(C(F)(F)F)c3)c2)ccc2nc(N)sc12. The molecule has 0 aliphatic rings. The molecule has 0 saturated heterocycles. The minimum absolute atomic E-state index is 0.148. The second-order valence-electron chi connectivity index (χ2n) is 7.26. The van der Waals surface area contributed by atoms with Gasteiger partial charge in [-0.3, -0.25) is 4.79 Å². The first-order valence-corrected chi connectivity index (χ1v) is 10.5. The zero-order valence-electron chi connectivity index (χ0n) is 17.2. The van der Waals surface area contributed by atoms with E-state index in [9.17, 15) is 22.4 Å². The number of halogens is 4. The van der Waals surface area contributed by atoms with Crippen LogP contribution < -0.4 is 15.8 Å². The fourth-order valence-corrected chi connectivity index (χ4v) is 4.09. The lowest BCUT2D eigenvalue weighted by molar-refractivity contribution is -0.137. The number of nitrogens with zero attached hydrogens (tertiary/aromatic N) is 1. The van der Waals surface area contributed by atoms with Gasteiger partial charge in [0, 0.05) is 11.6 Å². The Kier molecular flexibility index (Phi) is 5.94. The fraction of sp³-hybridized carbons (Fsp3) is 0.130. The van der Waals surface area contributed by atoms with Crippen LogP contribution in [0.2, 0.25) is 0 Å². The molecule has 0 fully saturated rings. The minimum atomic E-state index is -4.52. The van der Waals surface area contributed by atoms with Crippen molar-refractivity contribution in [2.24, 2.45) is 0 Å². The van der Waals surface area contributed by atoms with Crippen molar-refractivity contribution in [3.05, 3.63) is 77.1 Å². The van der Waals surface area contributed by atoms with Crippen LogP contribution in [0.1, 0.15) is 16.7 Å². The van der Waals surface area contributed by atoms with E-state index in [1.165, 1.54) is 35.6 Å². The number of benzene rings is 3. The molecule has 1 aromatic heterocycles. The molecule has 4 aromatic rings. The molecule has 4 rings (SSSR count). The number of rotatable bonds is 5. The minimum Gasteiger partial charge on any atom is -0.457 e. The number of aromatic nitrogens is 1. The molecule has 1 amide bonds. The number of amides is 1. The molecule has 3 aromatic carbocycles. The average molecular weight is 475 g/mol. The summed E-state index contributed by atoms with van der Waals surface area (Å²) in [5, 5.41) is 2.82. The molecule has 3 N–H and O–H groups in total. The molecule has 0 bridgehead atoms. The van der Waals surface area contributed by atoms with Crippen LogP contribution in [0.3, 0.4) is 0 Å². The van der Waals surface area contributed by atoms with Crippen molar-refractivity contribution in [2.45, 2.75) is 19.5 Å². The highest BCUT2D eigenvalue weighted by atomic mass is 32.1. The molecule has 0 radical (unpaired) electrons. The van der Waals surface area contributed by atoms with Crippen molar-refractivity contribution in [3.63, 3.8) is 0 Å². The molecule has 5 nitrogen and oxygen atoms in total. The Morgan fingerprint density at radius 1 is 1.15 bits per heavy atom. The first-order valence-electron chi connectivity index (χ1n) is 9.69. The molecule has 1 heterocycles. The molecule has 33 heavy (non-hydrogen) atoms. The lowest BCUT2D eigenvalue weighted by Crippen LogP contribution is -2.16. The van der Waals surface area contributed by atoms with E-state index < -0.39 is 23.5 Å². The monoisotopic (exact) mass is 475 g/mol. The normalized spacial score (nSPS) is 11.5. The van der Waals surface area contributed by atoms with Crippen molar-refractivity contribution in [3.8, 4) is 11.5 Å². The number of hydrogen-bond acceptors (Lipinski definition) is 5. The van der Waals surface area contributed by atoms with Gasteiger partial charge >= 0.3 is 6.18 Å². The first-order chi connectivity index (χ1) is 15.6. The third-order valence-electron chi connectivity index (χ3n) is 4.83. The van der Waals surface area contributed by atoms with Gasteiger partial charge in [-0.05, 0) is 42.8 Å². The van der Waals surface area contributed by atoms with E-state index in [4.69, 9.17) is 10.5 Å². The number of aryl methyl sites for hydroxylation is 1. The Hall–Kier alpha value is -3.66. The van der Waals surface area contributed by atoms with Crippen LogP contribution in [0.5, 0.6) is 11.5 Å². The van der Waals surface area contributed by atoms with Gasteiger partial charge in [-0.25, -0.2) is 9.37 Å². The van der Waals surface area contributed by atoms with Crippen LogP contribution in [0.25, 0.3) is 10.2 Å². The average Bonchev–Trinajstić information content (AvgIpc) is 3.13.